The number of hydrogen-bond acceptors (Lipinski definition) is 1. The molecule has 1 aliphatic rings. The molecule has 0 aromatic rings. The Morgan fingerprint density at radius 3 is 2.20 bits per heavy atom. The van der Waals surface area contributed by atoms with E-state index < -0.39 is 0 Å². The molecule has 0 aromatic carbocycles. The van der Waals surface area contributed by atoms with Gasteiger partial charge in [0.1, 0.15) is 0 Å². The zero-order valence-corrected chi connectivity index (χ0v) is 5.91. The number of rotatable bonds is 0. The fraction of sp³-hybridized carbons (Fsp3) is 0.333. The van der Waals surface area contributed by atoms with Crippen LogP contribution in [0.4, 0.5) is 0 Å². The number of alkyl halides is 1. The summed E-state index contributed by atoms with van der Waals surface area (Å²) >= 11 is -0.365. The Kier molecular flexibility index (Phi) is 1.21. The summed E-state index contributed by atoms with van der Waals surface area (Å²) < 4.78 is 2.34. The van der Waals surface area contributed by atoms with E-state index in [1.807, 2.05) is 8.93 Å². The van der Waals surface area contributed by atoms with E-state index in [1.54, 1.807) is 0 Å². The zero-order valence-electron chi connectivity index (χ0n) is 2.94. The van der Waals surface area contributed by atoms with Gasteiger partial charge in [-0.15, -0.1) is 0 Å². The van der Waals surface area contributed by atoms with Gasteiger partial charge in [0.2, 0.25) is 0 Å². The summed E-state index contributed by atoms with van der Waals surface area (Å²) in [6, 6.07) is 0. The summed E-state index contributed by atoms with van der Waals surface area (Å²) in [4.78, 5) is 2.34. The molecule has 0 N–H and O–H groups in total. The molecule has 0 radical (unpaired) electrons. The summed E-state index contributed by atoms with van der Waals surface area (Å²) in [7, 11) is 2.04. The fourth-order valence-corrected chi connectivity index (χ4v) is 3.11. The molecule has 30 valence electrons. The monoisotopic (exact) mass is 200 g/mol. The molecule has 0 bridgehead atoms. The maximum absolute atomic E-state index is 2.34. The molecular formula is C3H5IS. The Balaban J connectivity index is 2.39. The van der Waals surface area contributed by atoms with Gasteiger partial charge in [0.05, 0.1) is 0 Å². The SMILES string of the molecule is CI1C=CS1. The van der Waals surface area contributed by atoms with Crippen LogP contribution in [0, 0.1) is 0 Å². The summed E-state index contributed by atoms with van der Waals surface area (Å²) in [5.74, 6) is 0. The second-order valence-corrected chi connectivity index (χ2v) is 9.41. The van der Waals surface area contributed by atoms with Crippen LogP contribution in [0.1, 0.15) is 0 Å². The second kappa shape index (κ2) is 1.51. The molecule has 0 atom stereocenters. The molecule has 5 heavy (non-hydrogen) atoms. The van der Waals surface area contributed by atoms with E-state index in [2.05, 4.69) is 14.4 Å². The average molecular weight is 200 g/mol. The molecule has 1 aliphatic heterocycles. The molecule has 2 heteroatoms. The molecule has 0 amide bonds. The van der Waals surface area contributed by atoms with E-state index in [1.165, 1.54) is 0 Å². The molecule has 0 saturated carbocycles. The normalized spacial score (nSPS) is 26.2. The van der Waals surface area contributed by atoms with Gasteiger partial charge < -0.3 is 0 Å². The van der Waals surface area contributed by atoms with Gasteiger partial charge in [-0.05, 0) is 0 Å². The van der Waals surface area contributed by atoms with Crippen LogP contribution in [0.15, 0.2) is 9.49 Å². The van der Waals surface area contributed by atoms with Crippen molar-refractivity contribution < 1.29 is 0 Å². The number of halogens is 1. The van der Waals surface area contributed by atoms with Crippen molar-refractivity contribution in [3.63, 3.8) is 0 Å². The fourth-order valence-electron chi connectivity index (χ4n) is 0.154. The van der Waals surface area contributed by atoms with Crippen LogP contribution in [0.5, 0.6) is 0 Å². The van der Waals surface area contributed by atoms with Gasteiger partial charge in [0.15, 0.2) is 0 Å². The van der Waals surface area contributed by atoms with E-state index in [-0.39, 0.29) is 18.4 Å². The molecular weight excluding hydrogens is 195 g/mol. The van der Waals surface area contributed by atoms with Crippen LogP contribution < -0.4 is 0 Å². The molecule has 0 spiro atoms. The van der Waals surface area contributed by atoms with Crippen molar-refractivity contribution in [2.45, 2.75) is 0 Å². The van der Waals surface area contributed by atoms with E-state index >= 15 is 0 Å². The van der Waals surface area contributed by atoms with Crippen molar-refractivity contribution >= 4 is 27.4 Å². The van der Waals surface area contributed by atoms with Gasteiger partial charge in [-0.25, -0.2) is 0 Å². The van der Waals surface area contributed by atoms with Gasteiger partial charge in [-0.1, -0.05) is 0 Å². The quantitative estimate of drug-likeness (QED) is 0.427. The van der Waals surface area contributed by atoms with Crippen LogP contribution in [0.25, 0.3) is 0 Å². The van der Waals surface area contributed by atoms with Gasteiger partial charge in [-0.2, -0.15) is 0 Å². The third kappa shape index (κ3) is 0.824. The Hall–Kier alpha value is 0.820. The van der Waals surface area contributed by atoms with Crippen LogP contribution >= 0.6 is 27.4 Å². The molecule has 0 fully saturated rings. The van der Waals surface area contributed by atoms with E-state index in [4.69, 9.17) is 0 Å². The predicted molar refractivity (Wildman–Crippen MR) is 36.7 cm³/mol. The first kappa shape index (κ1) is 3.99. The molecule has 0 aromatic heterocycles. The molecule has 1 rings (SSSR count). The van der Waals surface area contributed by atoms with Crippen LogP contribution in [0.2, 0.25) is 0 Å². The Morgan fingerprint density at radius 1 is 1.80 bits per heavy atom. The minimum absolute atomic E-state index is 0.365. The summed E-state index contributed by atoms with van der Waals surface area (Å²) in [5.41, 5.74) is 0. The predicted octanol–water partition coefficient (Wildman–Crippen LogP) is 2.26. The Labute approximate surface area is 41.9 Å². The van der Waals surface area contributed by atoms with Crippen molar-refractivity contribution in [3.8, 4) is 0 Å². The Bertz CT molecular complexity index is 59.9. The molecule has 0 aliphatic carbocycles. The van der Waals surface area contributed by atoms with Gasteiger partial charge in [0, 0.05) is 0 Å². The standard InChI is InChI=1S/C3H5IS/c1-4-2-3-5-4/h2-3H,1H3. The van der Waals surface area contributed by atoms with Gasteiger partial charge >= 0.3 is 41.8 Å². The molecule has 0 unspecified atom stereocenters. The average Bonchev–Trinajstić information content (AvgIpc) is 1.30. The zero-order chi connectivity index (χ0) is 3.70. The molecule has 1 heterocycles. The Morgan fingerprint density at radius 2 is 2.20 bits per heavy atom. The summed E-state index contributed by atoms with van der Waals surface area (Å²) in [6.07, 6.45) is 0. The number of hydrogen-bond donors (Lipinski definition) is 0. The topological polar surface area (TPSA) is 0 Å². The second-order valence-electron chi connectivity index (χ2n) is 0.813. The van der Waals surface area contributed by atoms with Crippen LogP contribution in [-0.2, 0) is 0 Å². The summed E-state index contributed by atoms with van der Waals surface area (Å²) in [5, 5.41) is 2.19. The van der Waals surface area contributed by atoms with Crippen molar-refractivity contribution in [1.82, 2.24) is 0 Å². The molecule has 0 nitrogen and oxygen atoms in total. The minimum atomic E-state index is -0.365. The first-order valence-electron chi connectivity index (χ1n) is 1.32. The third-order valence-corrected chi connectivity index (χ3v) is 6.78. The van der Waals surface area contributed by atoms with Crippen molar-refractivity contribution in [3.05, 3.63) is 9.49 Å². The maximum atomic E-state index is 2.34. The first-order valence-corrected chi connectivity index (χ1v) is 8.15. The van der Waals surface area contributed by atoms with E-state index in [0.717, 1.165) is 0 Å². The van der Waals surface area contributed by atoms with Gasteiger partial charge in [-0.3, -0.25) is 0 Å². The molecule has 0 saturated heterocycles. The first-order chi connectivity index (χ1) is 2.39. The van der Waals surface area contributed by atoms with Crippen molar-refractivity contribution in [2.24, 2.45) is 0 Å². The van der Waals surface area contributed by atoms with Crippen molar-refractivity contribution in [1.29, 1.82) is 0 Å². The third-order valence-electron chi connectivity index (χ3n) is 0.421. The summed E-state index contributed by atoms with van der Waals surface area (Å²) in [6.45, 7) is 0. The van der Waals surface area contributed by atoms with Gasteiger partial charge in [0.25, 0.3) is 0 Å². The van der Waals surface area contributed by atoms with Crippen LogP contribution in [-0.4, -0.2) is 4.93 Å². The van der Waals surface area contributed by atoms with E-state index in [9.17, 15) is 0 Å². The van der Waals surface area contributed by atoms with E-state index in [0.29, 0.717) is 0 Å². The van der Waals surface area contributed by atoms with Crippen LogP contribution in [0.3, 0.4) is 0 Å². The van der Waals surface area contributed by atoms with Crippen molar-refractivity contribution in [2.75, 3.05) is 4.93 Å².